The summed E-state index contributed by atoms with van der Waals surface area (Å²) in [6.07, 6.45) is 7.17. The monoisotopic (exact) mass is 235 g/mol. The largest absolute Gasteiger partial charge is 0.314 e. The average Bonchev–Trinajstić information content (AvgIpc) is 2.29. The van der Waals surface area contributed by atoms with Crippen LogP contribution in [0.5, 0.6) is 0 Å². The van der Waals surface area contributed by atoms with Gasteiger partial charge in [0.05, 0.1) is 11.5 Å². The molecule has 0 radical (unpaired) electrons. The molecule has 0 bridgehead atoms. The Morgan fingerprint density at radius 1 is 1.41 bits per heavy atom. The maximum atomic E-state index is 9.16. The predicted octanol–water partition coefficient (Wildman–Crippen LogP) is 2.14. The molecular weight excluding hydrogens is 210 g/mol. The molecule has 1 N–H and O–H groups in total. The van der Waals surface area contributed by atoms with E-state index in [2.05, 4.69) is 23.2 Å². The van der Waals surface area contributed by atoms with E-state index in [1.54, 1.807) is 0 Å². The molecule has 2 fully saturated rings. The Bertz CT molecular complexity index is 278. The molecule has 0 aromatic heterocycles. The van der Waals surface area contributed by atoms with Crippen LogP contribution in [0.2, 0.25) is 0 Å². The van der Waals surface area contributed by atoms with Gasteiger partial charge in [0, 0.05) is 25.7 Å². The Morgan fingerprint density at radius 3 is 2.82 bits per heavy atom. The molecule has 1 saturated heterocycles. The summed E-state index contributed by atoms with van der Waals surface area (Å²) in [6, 6.07) is 3.22. The van der Waals surface area contributed by atoms with Gasteiger partial charge in [-0.3, -0.25) is 4.90 Å². The van der Waals surface area contributed by atoms with E-state index >= 15 is 0 Å². The average molecular weight is 235 g/mol. The van der Waals surface area contributed by atoms with Gasteiger partial charge in [0.1, 0.15) is 0 Å². The Kier molecular flexibility index (Phi) is 4.42. The van der Waals surface area contributed by atoms with E-state index in [1.807, 2.05) is 0 Å². The zero-order chi connectivity index (χ0) is 12.1. The van der Waals surface area contributed by atoms with Crippen molar-refractivity contribution in [2.75, 3.05) is 26.2 Å². The summed E-state index contributed by atoms with van der Waals surface area (Å²) in [5, 5.41) is 12.6. The molecule has 1 saturated carbocycles. The summed E-state index contributed by atoms with van der Waals surface area (Å²) >= 11 is 0. The molecule has 0 amide bonds. The first-order valence-electron chi connectivity index (χ1n) is 7.12. The lowest BCUT2D eigenvalue weighted by atomic mass is 9.67. The molecule has 1 aliphatic heterocycles. The van der Waals surface area contributed by atoms with Crippen LogP contribution in [-0.2, 0) is 0 Å². The Hall–Kier alpha value is -0.590. The lowest BCUT2D eigenvalue weighted by Crippen LogP contribution is -2.49. The van der Waals surface area contributed by atoms with E-state index in [-0.39, 0.29) is 5.41 Å². The summed E-state index contributed by atoms with van der Waals surface area (Å²) in [7, 11) is 0. The van der Waals surface area contributed by atoms with Crippen molar-refractivity contribution in [2.24, 2.45) is 5.41 Å². The summed E-state index contributed by atoms with van der Waals surface area (Å²) in [5.41, 5.74) is 0.0784. The third-order valence-electron chi connectivity index (χ3n) is 4.54. The Balaban J connectivity index is 1.61. The SMILES string of the molecule is CC1CNCCN1CCCCC1(C#N)CCC1. The minimum absolute atomic E-state index is 0.0784. The second-order valence-corrected chi connectivity index (χ2v) is 5.79. The summed E-state index contributed by atoms with van der Waals surface area (Å²) in [4.78, 5) is 2.58. The summed E-state index contributed by atoms with van der Waals surface area (Å²) in [5.74, 6) is 0. The summed E-state index contributed by atoms with van der Waals surface area (Å²) < 4.78 is 0. The van der Waals surface area contributed by atoms with Crippen molar-refractivity contribution in [3.63, 3.8) is 0 Å². The molecule has 2 aliphatic rings. The standard InChI is InChI=1S/C14H25N3/c1-13-11-16-8-10-17(13)9-3-2-5-14(12-15)6-4-7-14/h13,16H,2-11H2,1H3. The van der Waals surface area contributed by atoms with Crippen molar-refractivity contribution in [1.82, 2.24) is 10.2 Å². The Labute approximate surface area is 105 Å². The van der Waals surface area contributed by atoms with Gasteiger partial charge in [0.15, 0.2) is 0 Å². The lowest BCUT2D eigenvalue weighted by molar-refractivity contribution is 0.157. The van der Waals surface area contributed by atoms with Crippen LogP contribution < -0.4 is 5.32 Å². The van der Waals surface area contributed by atoms with Gasteiger partial charge >= 0.3 is 0 Å². The van der Waals surface area contributed by atoms with Gasteiger partial charge in [-0.25, -0.2) is 0 Å². The van der Waals surface area contributed by atoms with Crippen molar-refractivity contribution < 1.29 is 0 Å². The third-order valence-corrected chi connectivity index (χ3v) is 4.54. The van der Waals surface area contributed by atoms with Crippen LogP contribution in [0.4, 0.5) is 0 Å². The van der Waals surface area contributed by atoms with E-state index in [0.717, 1.165) is 32.4 Å². The molecule has 3 heteroatoms. The van der Waals surface area contributed by atoms with E-state index in [1.165, 1.54) is 32.4 Å². The fraction of sp³-hybridized carbons (Fsp3) is 0.929. The van der Waals surface area contributed by atoms with Crippen LogP contribution in [0.15, 0.2) is 0 Å². The number of rotatable bonds is 5. The molecule has 3 nitrogen and oxygen atoms in total. The minimum Gasteiger partial charge on any atom is -0.314 e. The van der Waals surface area contributed by atoms with E-state index < -0.39 is 0 Å². The molecule has 17 heavy (non-hydrogen) atoms. The first-order chi connectivity index (χ1) is 8.26. The van der Waals surface area contributed by atoms with Gasteiger partial charge in [-0.05, 0) is 39.2 Å². The second kappa shape index (κ2) is 5.84. The number of nitriles is 1. The minimum atomic E-state index is 0.0784. The normalized spacial score (nSPS) is 28.4. The van der Waals surface area contributed by atoms with Crippen molar-refractivity contribution in [3.05, 3.63) is 0 Å². The highest BCUT2D eigenvalue weighted by atomic mass is 15.2. The van der Waals surface area contributed by atoms with Crippen LogP contribution in [0.3, 0.4) is 0 Å². The number of nitrogens with zero attached hydrogens (tertiary/aromatic N) is 2. The highest BCUT2D eigenvalue weighted by Crippen LogP contribution is 2.44. The summed E-state index contributed by atoms with van der Waals surface area (Å²) in [6.45, 7) is 6.96. The molecule has 0 spiro atoms. The van der Waals surface area contributed by atoms with Gasteiger partial charge in [-0.2, -0.15) is 5.26 Å². The molecule has 0 aromatic carbocycles. The maximum absolute atomic E-state index is 9.16. The van der Waals surface area contributed by atoms with Crippen molar-refractivity contribution in [2.45, 2.75) is 51.5 Å². The van der Waals surface area contributed by atoms with Gasteiger partial charge in [0.2, 0.25) is 0 Å². The van der Waals surface area contributed by atoms with Crippen molar-refractivity contribution in [1.29, 1.82) is 5.26 Å². The molecular formula is C14H25N3. The highest BCUT2D eigenvalue weighted by molar-refractivity contribution is 5.04. The highest BCUT2D eigenvalue weighted by Gasteiger charge is 2.36. The number of piperazine rings is 1. The van der Waals surface area contributed by atoms with Gasteiger partial charge < -0.3 is 5.32 Å². The van der Waals surface area contributed by atoms with Crippen molar-refractivity contribution >= 4 is 0 Å². The molecule has 2 rings (SSSR count). The topological polar surface area (TPSA) is 39.1 Å². The molecule has 1 atom stereocenters. The van der Waals surface area contributed by atoms with Crippen LogP contribution in [0.25, 0.3) is 0 Å². The van der Waals surface area contributed by atoms with Crippen molar-refractivity contribution in [3.8, 4) is 6.07 Å². The van der Waals surface area contributed by atoms with E-state index in [9.17, 15) is 0 Å². The first kappa shape index (κ1) is 12.9. The number of hydrogen-bond acceptors (Lipinski definition) is 3. The predicted molar refractivity (Wildman–Crippen MR) is 69.7 cm³/mol. The lowest BCUT2D eigenvalue weighted by Gasteiger charge is -2.36. The zero-order valence-electron chi connectivity index (χ0n) is 11.0. The second-order valence-electron chi connectivity index (χ2n) is 5.79. The van der Waals surface area contributed by atoms with Gasteiger partial charge in [-0.1, -0.05) is 12.8 Å². The molecule has 0 aromatic rings. The molecule has 96 valence electrons. The smallest absolute Gasteiger partial charge is 0.0689 e. The number of unbranched alkanes of at least 4 members (excludes halogenated alkanes) is 1. The third kappa shape index (κ3) is 3.20. The fourth-order valence-electron chi connectivity index (χ4n) is 3.01. The van der Waals surface area contributed by atoms with Crippen LogP contribution in [0, 0.1) is 16.7 Å². The zero-order valence-corrected chi connectivity index (χ0v) is 11.0. The maximum Gasteiger partial charge on any atom is 0.0689 e. The van der Waals surface area contributed by atoms with E-state index in [0.29, 0.717) is 6.04 Å². The Morgan fingerprint density at radius 2 is 2.24 bits per heavy atom. The molecule has 1 unspecified atom stereocenters. The van der Waals surface area contributed by atoms with Crippen LogP contribution >= 0.6 is 0 Å². The molecule has 1 heterocycles. The number of hydrogen-bond donors (Lipinski definition) is 1. The molecule has 1 aliphatic carbocycles. The van der Waals surface area contributed by atoms with E-state index in [4.69, 9.17) is 5.26 Å². The van der Waals surface area contributed by atoms with Crippen LogP contribution in [-0.4, -0.2) is 37.1 Å². The fourth-order valence-corrected chi connectivity index (χ4v) is 3.01. The van der Waals surface area contributed by atoms with Crippen LogP contribution in [0.1, 0.15) is 45.4 Å². The number of nitrogens with one attached hydrogen (secondary N) is 1. The first-order valence-corrected chi connectivity index (χ1v) is 7.12. The quantitative estimate of drug-likeness (QED) is 0.742. The van der Waals surface area contributed by atoms with Gasteiger partial charge in [0.25, 0.3) is 0 Å². The van der Waals surface area contributed by atoms with Gasteiger partial charge in [-0.15, -0.1) is 0 Å².